The van der Waals surface area contributed by atoms with E-state index >= 15 is 0 Å². The number of nitrogen functional groups attached to an aromatic ring is 1. The highest BCUT2D eigenvalue weighted by molar-refractivity contribution is 5.97. The number of amides is 1. The van der Waals surface area contributed by atoms with Gasteiger partial charge in [0.2, 0.25) is 0 Å². The topological polar surface area (TPSA) is 84.2 Å². The number of carbonyl (C=O) groups excluding carboxylic acids is 1. The van der Waals surface area contributed by atoms with Crippen LogP contribution < -0.4 is 5.73 Å². The molecule has 1 unspecified atom stereocenters. The van der Waals surface area contributed by atoms with Crippen LogP contribution in [0.15, 0.2) is 0 Å². The second kappa shape index (κ2) is 5.44. The van der Waals surface area contributed by atoms with Crippen LogP contribution in [0.25, 0.3) is 0 Å². The fourth-order valence-electron chi connectivity index (χ4n) is 2.73. The summed E-state index contributed by atoms with van der Waals surface area (Å²) < 4.78 is 5.66. The van der Waals surface area contributed by atoms with Crippen LogP contribution in [0.4, 0.5) is 5.69 Å². The van der Waals surface area contributed by atoms with Gasteiger partial charge in [-0.05, 0) is 32.1 Å². The molecule has 1 aliphatic carbocycles. The van der Waals surface area contributed by atoms with Gasteiger partial charge in [-0.15, -0.1) is 0 Å². The lowest BCUT2D eigenvalue weighted by Gasteiger charge is -2.27. The Labute approximate surface area is 118 Å². The number of nitrogens with one attached hydrogen (secondary N) is 1. The molecule has 0 radical (unpaired) electrons. The van der Waals surface area contributed by atoms with Crippen LogP contribution in [0.5, 0.6) is 0 Å². The molecule has 1 aromatic rings. The monoisotopic (exact) mass is 278 g/mol. The van der Waals surface area contributed by atoms with Gasteiger partial charge in [-0.2, -0.15) is 5.10 Å². The van der Waals surface area contributed by atoms with Gasteiger partial charge in [0, 0.05) is 26.1 Å². The zero-order chi connectivity index (χ0) is 14.1. The molecule has 2 fully saturated rings. The minimum Gasteiger partial charge on any atom is -0.395 e. The first-order chi connectivity index (χ1) is 9.66. The first-order valence-corrected chi connectivity index (χ1v) is 7.37. The Kier molecular flexibility index (Phi) is 3.65. The van der Waals surface area contributed by atoms with Crippen molar-refractivity contribution in [3.05, 3.63) is 11.4 Å². The number of likely N-dealkylation sites (N-methyl/N-ethyl adjacent to an activating group) is 1. The molecule has 6 heteroatoms. The lowest BCUT2D eigenvalue weighted by Crippen LogP contribution is -2.37. The molecule has 0 aromatic carbocycles. The van der Waals surface area contributed by atoms with Crippen LogP contribution in [-0.4, -0.2) is 47.3 Å². The summed E-state index contributed by atoms with van der Waals surface area (Å²) in [6.07, 6.45) is 5.70. The summed E-state index contributed by atoms with van der Waals surface area (Å²) in [5.41, 5.74) is 7.84. The fraction of sp³-hybridized carbons (Fsp3) is 0.714. The molecule has 1 aliphatic heterocycles. The van der Waals surface area contributed by atoms with Gasteiger partial charge in [-0.3, -0.25) is 9.89 Å². The summed E-state index contributed by atoms with van der Waals surface area (Å²) in [4.78, 5) is 14.1. The van der Waals surface area contributed by atoms with Crippen molar-refractivity contribution < 1.29 is 9.53 Å². The molecule has 6 nitrogen and oxygen atoms in total. The van der Waals surface area contributed by atoms with Gasteiger partial charge in [-0.25, -0.2) is 0 Å². The van der Waals surface area contributed by atoms with E-state index in [1.807, 2.05) is 0 Å². The summed E-state index contributed by atoms with van der Waals surface area (Å²) in [6, 6.07) is 0. The van der Waals surface area contributed by atoms with Gasteiger partial charge in [0.25, 0.3) is 5.91 Å². The van der Waals surface area contributed by atoms with Crippen LogP contribution in [0.3, 0.4) is 0 Å². The zero-order valence-corrected chi connectivity index (χ0v) is 11.9. The summed E-state index contributed by atoms with van der Waals surface area (Å²) in [5, 5.41) is 7.03. The Hall–Kier alpha value is -1.56. The SMILES string of the molecule is CN(CC1CCCCO1)C(=O)c1n[nH]c(C2CC2)c1N. The molecule has 3 rings (SSSR count). The summed E-state index contributed by atoms with van der Waals surface area (Å²) >= 11 is 0. The standard InChI is InChI=1S/C14H22N4O2/c1-18(8-10-4-2-3-7-20-10)14(19)13-11(15)12(16-17-13)9-5-6-9/h9-10H,2-8,15H2,1H3,(H,16,17). The third kappa shape index (κ3) is 2.65. The van der Waals surface area contributed by atoms with Crippen molar-refractivity contribution in [3.63, 3.8) is 0 Å². The zero-order valence-electron chi connectivity index (χ0n) is 11.9. The molecule has 2 aliphatic rings. The highest BCUT2D eigenvalue weighted by Crippen LogP contribution is 2.42. The quantitative estimate of drug-likeness (QED) is 0.874. The summed E-state index contributed by atoms with van der Waals surface area (Å²) in [6.45, 7) is 1.40. The van der Waals surface area contributed by atoms with Crippen molar-refractivity contribution in [3.8, 4) is 0 Å². The summed E-state index contributed by atoms with van der Waals surface area (Å²) in [7, 11) is 1.78. The predicted molar refractivity (Wildman–Crippen MR) is 75.5 cm³/mol. The average molecular weight is 278 g/mol. The molecule has 3 N–H and O–H groups in total. The normalized spacial score (nSPS) is 22.8. The Bertz CT molecular complexity index is 489. The van der Waals surface area contributed by atoms with Gasteiger partial charge in [0.15, 0.2) is 5.69 Å². The van der Waals surface area contributed by atoms with Crippen molar-refractivity contribution in [2.24, 2.45) is 0 Å². The van der Waals surface area contributed by atoms with E-state index in [-0.39, 0.29) is 12.0 Å². The van der Waals surface area contributed by atoms with Gasteiger partial charge in [-0.1, -0.05) is 0 Å². The third-order valence-corrected chi connectivity index (χ3v) is 4.12. The Morgan fingerprint density at radius 2 is 2.25 bits per heavy atom. The van der Waals surface area contributed by atoms with Crippen molar-refractivity contribution in [1.82, 2.24) is 15.1 Å². The Morgan fingerprint density at radius 1 is 1.45 bits per heavy atom. The van der Waals surface area contributed by atoms with E-state index < -0.39 is 0 Å². The van der Waals surface area contributed by atoms with Crippen molar-refractivity contribution >= 4 is 11.6 Å². The Balaban J connectivity index is 1.65. The number of hydrogen-bond donors (Lipinski definition) is 2. The molecule has 20 heavy (non-hydrogen) atoms. The number of hydrogen-bond acceptors (Lipinski definition) is 4. The number of aromatic nitrogens is 2. The molecular weight excluding hydrogens is 256 g/mol. The van der Waals surface area contributed by atoms with E-state index in [9.17, 15) is 4.79 Å². The maximum absolute atomic E-state index is 12.4. The molecule has 1 amide bonds. The number of rotatable bonds is 4. The van der Waals surface area contributed by atoms with Gasteiger partial charge >= 0.3 is 0 Å². The van der Waals surface area contributed by atoms with Crippen LogP contribution in [-0.2, 0) is 4.74 Å². The lowest BCUT2D eigenvalue weighted by molar-refractivity contribution is -0.000273. The minimum absolute atomic E-state index is 0.125. The maximum atomic E-state index is 12.4. The maximum Gasteiger partial charge on any atom is 0.276 e. The number of anilines is 1. The molecule has 1 aromatic heterocycles. The second-order valence-electron chi connectivity index (χ2n) is 5.85. The lowest BCUT2D eigenvalue weighted by atomic mass is 10.1. The van der Waals surface area contributed by atoms with Crippen molar-refractivity contribution in [2.75, 3.05) is 25.9 Å². The van der Waals surface area contributed by atoms with Crippen LogP contribution in [0, 0.1) is 0 Å². The van der Waals surface area contributed by atoms with E-state index in [0.29, 0.717) is 23.8 Å². The molecule has 1 saturated heterocycles. The highest BCUT2D eigenvalue weighted by Gasteiger charge is 2.31. The van der Waals surface area contributed by atoms with Gasteiger partial charge in [0.05, 0.1) is 17.5 Å². The molecule has 1 saturated carbocycles. The van der Waals surface area contributed by atoms with E-state index in [1.165, 1.54) is 6.42 Å². The van der Waals surface area contributed by atoms with E-state index in [2.05, 4.69) is 10.2 Å². The largest absolute Gasteiger partial charge is 0.395 e. The second-order valence-corrected chi connectivity index (χ2v) is 5.85. The first-order valence-electron chi connectivity index (χ1n) is 7.37. The average Bonchev–Trinajstić information content (AvgIpc) is 3.22. The molecule has 2 heterocycles. The van der Waals surface area contributed by atoms with Crippen LogP contribution in [0.1, 0.15) is 54.2 Å². The molecule has 1 atom stereocenters. The number of H-pyrrole nitrogens is 1. The number of ether oxygens (including phenoxy) is 1. The number of aromatic amines is 1. The van der Waals surface area contributed by atoms with Crippen molar-refractivity contribution in [1.29, 1.82) is 0 Å². The fourth-order valence-corrected chi connectivity index (χ4v) is 2.73. The molecule has 110 valence electrons. The van der Waals surface area contributed by atoms with Gasteiger partial charge in [0.1, 0.15) is 0 Å². The number of nitrogens with two attached hydrogens (primary N) is 1. The van der Waals surface area contributed by atoms with Crippen molar-refractivity contribution in [2.45, 2.75) is 44.1 Å². The molecule has 0 bridgehead atoms. The van der Waals surface area contributed by atoms with Crippen LogP contribution >= 0.6 is 0 Å². The number of nitrogens with zero attached hydrogens (tertiary/aromatic N) is 2. The Morgan fingerprint density at radius 3 is 2.90 bits per heavy atom. The van der Waals surface area contributed by atoms with Gasteiger partial charge < -0.3 is 15.4 Å². The third-order valence-electron chi connectivity index (χ3n) is 4.12. The first kappa shape index (κ1) is 13.4. The van der Waals surface area contributed by atoms with Crippen LogP contribution in [0.2, 0.25) is 0 Å². The molecular formula is C14H22N4O2. The smallest absolute Gasteiger partial charge is 0.276 e. The summed E-state index contributed by atoms with van der Waals surface area (Å²) in [5.74, 6) is 0.343. The van der Waals surface area contributed by atoms with E-state index in [4.69, 9.17) is 10.5 Å². The minimum atomic E-state index is -0.125. The van der Waals surface area contributed by atoms with E-state index in [1.54, 1.807) is 11.9 Å². The predicted octanol–water partition coefficient (Wildman–Crippen LogP) is 1.51. The van der Waals surface area contributed by atoms with E-state index in [0.717, 1.165) is 38.0 Å². The highest BCUT2D eigenvalue weighted by atomic mass is 16.5. The molecule has 0 spiro atoms. The number of carbonyl (C=O) groups is 1.